The van der Waals surface area contributed by atoms with Crippen LogP contribution in [0.25, 0.3) is 11.0 Å². The van der Waals surface area contributed by atoms with Gasteiger partial charge in [0.05, 0.1) is 37.3 Å². The summed E-state index contributed by atoms with van der Waals surface area (Å²) >= 11 is 12.4. The van der Waals surface area contributed by atoms with Crippen LogP contribution in [-0.4, -0.2) is 44.3 Å². The Morgan fingerprint density at radius 3 is 2.54 bits per heavy atom. The molecule has 0 saturated heterocycles. The number of fused-ring (bicyclic) bond motifs is 1. The van der Waals surface area contributed by atoms with E-state index in [1.54, 1.807) is 35.3 Å². The van der Waals surface area contributed by atoms with Crippen molar-refractivity contribution in [1.82, 2.24) is 25.1 Å². The molecule has 11 heteroatoms. The lowest BCUT2D eigenvalue weighted by molar-refractivity contribution is -0.141. The van der Waals surface area contributed by atoms with E-state index in [0.717, 1.165) is 16.6 Å². The third-order valence-electron chi connectivity index (χ3n) is 6.41. The maximum absolute atomic E-state index is 13.6. The Balaban J connectivity index is 1.60. The lowest BCUT2D eigenvalue weighted by atomic mass is 10.0. The molecule has 1 amide bonds. The largest absolute Gasteiger partial charge is 0.469 e. The number of halogens is 2. The van der Waals surface area contributed by atoms with Crippen molar-refractivity contribution in [2.24, 2.45) is 0 Å². The summed E-state index contributed by atoms with van der Waals surface area (Å²) < 4.78 is 12.6. The molecule has 1 atom stereocenters. The first-order chi connectivity index (χ1) is 19.4. The summed E-state index contributed by atoms with van der Waals surface area (Å²) in [6.07, 6.45) is 3.97. The number of aromatic nitrogens is 4. The molecule has 0 saturated carbocycles. The van der Waals surface area contributed by atoms with Gasteiger partial charge in [-0.1, -0.05) is 23.2 Å². The molecule has 3 aromatic heterocycles. The molecule has 3 heterocycles. The zero-order valence-electron chi connectivity index (χ0n) is 23.7. The number of nitrogens with zero attached hydrogens (tertiary/aromatic N) is 4. The molecule has 216 valence electrons. The Morgan fingerprint density at radius 2 is 1.85 bits per heavy atom. The van der Waals surface area contributed by atoms with Crippen molar-refractivity contribution in [3.63, 3.8) is 0 Å². The number of rotatable bonds is 10. The number of carbonyl (C=O) groups excluding carboxylic acids is 2. The Hall–Kier alpha value is -3.53. The van der Waals surface area contributed by atoms with E-state index < -0.39 is 23.5 Å². The molecule has 41 heavy (non-hydrogen) atoms. The lowest BCUT2D eigenvalue weighted by Gasteiger charge is -2.20. The number of hydrogen-bond donors (Lipinski definition) is 1. The Morgan fingerprint density at radius 1 is 1.12 bits per heavy atom. The summed E-state index contributed by atoms with van der Waals surface area (Å²) in [4.78, 5) is 34.8. The van der Waals surface area contributed by atoms with Crippen LogP contribution < -0.4 is 5.32 Å². The molecule has 0 spiro atoms. The van der Waals surface area contributed by atoms with E-state index in [9.17, 15) is 9.59 Å². The van der Waals surface area contributed by atoms with Crippen molar-refractivity contribution in [2.75, 3.05) is 7.11 Å². The van der Waals surface area contributed by atoms with Gasteiger partial charge in [-0.25, -0.2) is 9.97 Å². The number of benzene rings is 1. The molecule has 0 aliphatic rings. The molecule has 0 radical (unpaired) electrons. The van der Waals surface area contributed by atoms with Crippen LogP contribution in [0.1, 0.15) is 66.1 Å². The Labute approximate surface area is 249 Å². The van der Waals surface area contributed by atoms with Gasteiger partial charge >= 0.3 is 5.97 Å². The summed E-state index contributed by atoms with van der Waals surface area (Å²) in [5.74, 6) is -0.906. The quantitative estimate of drug-likeness (QED) is 0.222. The smallest absolute Gasteiger partial charge is 0.307 e. The first-order valence-corrected chi connectivity index (χ1v) is 13.9. The average molecular weight is 599 g/mol. The van der Waals surface area contributed by atoms with Crippen molar-refractivity contribution in [3.05, 3.63) is 86.9 Å². The second-order valence-corrected chi connectivity index (χ2v) is 11.6. The van der Waals surface area contributed by atoms with E-state index >= 15 is 0 Å². The maximum Gasteiger partial charge on any atom is 0.307 e. The van der Waals surface area contributed by atoms with Gasteiger partial charge in [-0.3, -0.25) is 14.3 Å². The normalized spacial score (nSPS) is 12.4. The van der Waals surface area contributed by atoms with E-state index in [4.69, 9.17) is 37.8 Å². The molecule has 1 aromatic carbocycles. The molecule has 0 aliphatic carbocycles. The fourth-order valence-electron chi connectivity index (χ4n) is 4.30. The number of nitrogens with one attached hydrogen (secondary N) is 1. The minimum absolute atomic E-state index is 0.107. The highest BCUT2D eigenvalue weighted by Gasteiger charge is 2.25. The maximum atomic E-state index is 13.6. The van der Waals surface area contributed by atoms with Gasteiger partial charge in [0.15, 0.2) is 5.65 Å². The van der Waals surface area contributed by atoms with E-state index in [-0.39, 0.29) is 13.0 Å². The summed E-state index contributed by atoms with van der Waals surface area (Å²) in [6, 6.07) is 10.1. The van der Waals surface area contributed by atoms with Gasteiger partial charge in [-0.15, -0.1) is 0 Å². The molecular formula is C30H33Cl2N5O4. The summed E-state index contributed by atoms with van der Waals surface area (Å²) in [5.41, 5.74) is 3.63. The number of ether oxygens (including phenoxy) is 2. The number of methoxy groups -OCH3 is 1. The van der Waals surface area contributed by atoms with E-state index in [0.29, 0.717) is 45.5 Å². The standard InChI is InChI=1S/C30H33Cl2N5O4/c1-18-19(11-20-7-6-9-33-28(20)34-18)8-10-37-16-24(26(36-37)17-41-30(2,3)4)29(39)35-25(15-27(38)40-5)21-12-22(31)14-23(32)13-21/h6-7,9,11-14,16,25H,8,10,15,17H2,1-5H3,(H,35,39). The molecule has 0 bridgehead atoms. The summed E-state index contributed by atoms with van der Waals surface area (Å²) in [6.45, 7) is 8.40. The van der Waals surface area contributed by atoms with Gasteiger partial charge in [0.2, 0.25) is 0 Å². The van der Waals surface area contributed by atoms with Crippen molar-refractivity contribution < 1.29 is 19.1 Å². The minimum atomic E-state index is -0.731. The summed E-state index contributed by atoms with van der Waals surface area (Å²) in [5, 5.41) is 9.37. The van der Waals surface area contributed by atoms with Gasteiger partial charge in [0.25, 0.3) is 5.91 Å². The number of aryl methyl sites for hydroxylation is 3. The molecule has 1 unspecified atom stereocenters. The second kappa shape index (κ2) is 13.0. The number of amides is 1. The monoisotopic (exact) mass is 597 g/mol. The molecule has 1 N–H and O–H groups in total. The van der Waals surface area contributed by atoms with E-state index in [1.807, 2.05) is 39.8 Å². The van der Waals surface area contributed by atoms with Gasteiger partial charge in [0, 0.05) is 40.1 Å². The Bertz CT molecular complexity index is 1540. The third-order valence-corrected chi connectivity index (χ3v) is 6.85. The first-order valence-electron chi connectivity index (χ1n) is 13.2. The topological polar surface area (TPSA) is 108 Å². The van der Waals surface area contributed by atoms with Crippen LogP contribution in [0.5, 0.6) is 0 Å². The molecule has 0 aliphatic heterocycles. The average Bonchev–Trinajstić information content (AvgIpc) is 3.32. The molecule has 9 nitrogen and oxygen atoms in total. The molecule has 0 fully saturated rings. The minimum Gasteiger partial charge on any atom is -0.469 e. The van der Waals surface area contributed by atoms with Crippen molar-refractivity contribution in [1.29, 1.82) is 0 Å². The number of carbonyl (C=O) groups is 2. The lowest BCUT2D eigenvalue weighted by Crippen LogP contribution is -2.31. The van der Waals surface area contributed by atoms with Gasteiger partial charge in [0.1, 0.15) is 5.69 Å². The fourth-order valence-corrected chi connectivity index (χ4v) is 4.84. The van der Waals surface area contributed by atoms with Gasteiger partial charge in [-0.05, 0) is 81.6 Å². The molecular weight excluding hydrogens is 565 g/mol. The summed E-state index contributed by atoms with van der Waals surface area (Å²) in [7, 11) is 1.29. The van der Waals surface area contributed by atoms with Crippen molar-refractivity contribution >= 4 is 46.1 Å². The van der Waals surface area contributed by atoms with Crippen molar-refractivity contribution in [2.45, 2.75) is 65.3 Å². The van der Waals surface area contributed by atoms with Crippen LogP contribution in [0, 0.1) is 6.92 Å². The molecule has 4 rings (SSSR count). The third kappa shape index (κ3) is 8.25. The SMILES string of the molecule is COC(=O)CC(NC(=O)c1cn(CCc2cc3cccnc3nc2C)nc1COC(C)(C)C)c1cc(Cl)cc(Cl)c1. The Kier molecular flexibility index (Phi) is 9.63. The number of hydrogen-bond acceptors (Lipinski definition) is 7. The van der Waals surface area contributed by atoms with Crippen LogP contribution in [0.2, 0.25) is 10.0 Å². The zero-order valence-corrected chi connectivity index (χ0v) is 25.2. The fraction of sp³-hybridized carbons (Fsp3) is 0.367. The van der Waals surface area contributed by atoms with Crippen LogP contribution >= 0.6 is 23.2 Å². The van der Waals surface area contributed by atoms with Crippen LogP contribution in [0.3, 0.4) is 0 Å². The van der Waals surface area contributed by atoms with Gasteiger partial charge in [-0.2, -0.15) is 5.10 Å². The highest BCUT2D eigenvalue weighted by Crippen LogP contribution is 2.27. The van der Waals surface area contributed by atoms with Gasteiger partial charge < -0.3 is 14.8 Å². The van der Waals surface area contributed by atoms with Crippen LogP contribution in [-0.2, 0) is 33.8 Å². The predicted molar refractivity (Wildman–Crippen MR) is 158 cm³/mol. The van der Waals surface area contributed by atoms with Crippen LogP contribution in [0.4, 0.5) is 0 Å². The highest BCUT2D eigenvalue weighted by atomic mass is 35.5. The first kappa shape index (κ1) is 30.4. The number of esters is 1. The van der Waals surface area contributed by atoms with E-state index in [2.05, 4.69) is 21.4 Å². The second-order valence-electron chi connectivity index (χ2n) is 10.7. The molecule has 4 aromatic rings. The van der Waals surface area contributed by atoms with Crippen LogP contribution in [0.15, 0.2) is 48.8 Å². The zero-order chi connectivity index (χ0) is 29.7. The highest BCUT2D eigenvalue weighted by molar-refractivity contribution is 6.34. The number of pyridine rings is 2. The van der Waals surface area contributed by atoms with Crippen molar-refractivity contribution in [3.8, 4) is 0 Å². The predicted octanol–water partition coefficient (Wildman–Crippen LogP) is 6.03. The van der Waals surface area contributed by atoms with E-state index in [1.165, 1.54) is 7.11 Å².